The minimum atomic E-state index is -1.45. The molecule has 23 rings (SSSR count). The Labute approximate surface area is 733 Å². The van der Waals surface area contributed by atoms with E-state index in [-0.39, 0.29) is 0 Å². The van der Waals surface area contributed by atoms with Gasteiger partial charge in [-0.15, -0.1) is 0 Å². The molecule has 7 heteroatoms. The third-order valence-electron chi connectivity index (χ3n) is 24.8. The minimum absolute atomic E-state index is 0.860. The third kappa shape index (κ3) is 14.1. The highest BCUT2D eigenvalue weighted by Gasteiger charge is 2.26. The lowest BCUT2D eigenvalue weighted by molar-refractivity contribution is 0.672. The van der Waals surface area contributed by atoms with E-state index in [0.717, 1.165) is 145 Å². The molecule has 0 spiro atoms. The van der Waals surface area contributed by atoms with Gasteiger partial charge in [-0.2, -0.15) is 0 Å². The number of benzene rings is 21. The Hall–Kier alpha value is -16.1. The van der Waals surface area contributed by atoms with Crippen LogP contribution in [0.1, 0.15) is 0 Å². The fraction of sp³-hybridized carbons (Fsp3) is 0.0252. The molecule has 0 aliphatic rings. The minimum Gasteiger partial charge on any atom is -0.455 e. The van der Waals surface area contributed by atoms with E-state index < -0.39 is 8.07 Å². The number of furan rings is 2. The average molecular weight is 1630 g/mol. The van der Waals surface area contributed by atoms with Crippen LogP contribution in [0.25, 0.3) is 142 Å². The van der Waals surface area contributed by atoms with E-state index >= 15 is 0 Å². The molecule has 0 unspecified atom stereocenters. The van der Waals surface area contributed by atoms with Gasteiger partial charge in [0.1, 0.15) is 22.3 Å². The van der Waals surface area contributed by atoms with Crippen LogP contribution < -0.4 is 24.8 Å². The summed E-state index contributed by atoms with van der Waals surface area (Å²) in [6, 6.07) is 168. The molecule has 0 atom stereocenters. The van der Waals surface area contributed by atoms with Gasteiger partial charge in [0.25, 0.3) is 0 Å². The average Bonchev–Trinajstić information content (AvgIpc) is 1.55. The highest BCUT2D eigenvalue weighted by Crippen LogP contribution is 2.50. The van der Waals surface area contributed by atoms with Gasteiger partial charge in [-0.25, -0.2) is 0 Å². The largest absolute Gasteiger partial charge is 0.455 e. The third-order valence-corrected chi connectivity index (χ3v) is 26.8. The first-order valence-corrected chi connectivity index (χ1v) is 46.8. The summed E-state index contributed by atoms with van der Waals surface area (Å²) in [7, 11) is -1.45. The van der Waals surface area contributed by atoms with Gasteiger partial charge < -0.3 is 28.4 Å². The molecule has 6 nitrogen and oxygen atoms in total. The zero-order valence-corrected chi connectivity index (χ0v) is 71.1. The van der Waals surface area contributed by atoms with Crippen molar-refractivity contribution in [3.63, 3.8) is 0 Å². The molecule has 0 saturated carbocycles. The zero-order valence-electron chi connectivity index (χ0n) is 70.1. The fourth-order valence-electron chi connectivity index (χ4n) is 18.7. The van der Waals surface area contributed by atoms with E-state index in [1.54, 1.807) is 0 Å². The van der Waals surface area contributed by atoms with Crippen molar-refractivity contribution in [2.24, 2.45) is 0 Å². The van der Waals surface area contributed by atoms with E-state index in [9.17, 15) is 0 Å². The monoisotopic (exact) mass is 1630 g/mol. The van der Waals surface area contributed by atoms with Gasteiger partial charge in [0, 0.05) is 112 Å². The smallest absolute Gasteiger partial charge is 0.143 e. The zero-order chi connectivity index (χ0) is 84.2. The molecule has 0 radical (unpaired) electrons. The van der Waals surface area contributed by atoms with E-state index in [0.29, 0.717) is 0 Å². The topological polar surface area (TPSA) is 39.2 Å². The highest BCUT2D eigenvalue weighted by atomic mass is 28.3. The second kappa shape index (κ2) is 32.4. The van der Waals surface area contributed by atoms with Crippen LogP contribution in [0.15, 0.2) is 476 Å². The molecule has 0 saturated heterocycles. The number of hydrogen-bond donors (Lipinski definition) is 0. The van der Waals surface area contributed by atoms with Crippen molar-refractivity contribution in [1.29, 1.82) is 0 Å². The second-order valence-corrected chi connectivity index (χ2v) is 38.5. The standard InChI is InChI=1S/C60H40N2O.C59H46N2OSi/c1-4-17-43(18-5-1)51-24-14-15-27-57(51)62(47-22-8-3-9-23-47)48-32-28-42(29-33-48)45-31-36-54-56(39-45)52-25-12-13-26-53(52)59-55-37-35-50(40-58(55)63-60(54)59)61(46-20-6-2-7-21-46)49-34-30-41-16-10-11-19-44(41)38-49;1-63(2,3)49-35-32-46(33-36-49)60(44-19-9-5-10-20-44)48-34-38-54-57(40-48)62-59-53-37-29-43(39-55(53)51-24-13-14-25-52(51)58(54)59)41-27-30-47(31-28-41)61(45-21-11-6-12-22-45)56-26-16-15-23-50(56)42-17-7-4-8-18-42/h1-40H;4-40H,1-3H3. The Bertz CT molecular complexity index is 7980. The Balaban J connectivity index is 0.000000149. The van der Waals surface area contributed by atoms with Gasteiger partial charge in [-0.3, -0.25) is 0 Å². The number of anilines is 12. The summed E-state index contributed by atoms with van der Waals surface area (Å²) < 4.78 is 14.0. The van der Waals surface area contributed by atoms with Crippen molar-refractivity contribution in [1.82, 2.24) is 0 Å². The van der Waals surface area contributed by atoms with Gasteiger partial charge in [0.2, 0.25) is 0 Å². The molecule has 0 aliphatic heterocycles. The summed E-state index contributed by atoms with van der Waals surface area (Å²) in [5.41, 5.74) is 26.1. The van der Waals surface area contributed by atoms with E-state index in [1.807, 2.05) is 0 Å². The first kappa shape index (κ1) is 76.1. The van der Waals surface area contributed by atoms with Crippen LogP contribution in [-0.2, 0) is 0 Å². The number of nitrogens with zero attached hydrogens (tertiary/aromatic N) is 4. The molecule has 598 valence electrons. The van der Waals surface area contributed by atoms with Gasteiger partial charge in [-0.1, -0.05) is 322 Å². The van der Waals surface area contributed by atoms with Gasteiger partial charge >= 0.3 is 0 Å². The van der Waals surface area contributed by atoms with Crippen molar-refractivity contribution in [2.75, 3.05) is 19.6 Å². The van der Waals surface area contributed by atoms with Gasteiger partial charge in [0.05, 0.1) is 19.4 Å². The van der Waals surface area contributed by atoms with Crippen LogP contribution in [0.4, 0.5) is 68.2 Å². The normalized spacial score (nSPS) is 11.6. The van der Waals surface area contributed by atoms with Crippen LogP contribution in [0.2, 0.25) is 19.6 Å². The molecule has 2 heterocycles. The first-order chi connectivity index (χ1) is 62.1. The SMILES string of the molecule is C[Si](C)(C)c1ccc(N(c2ccccc2)c2ccc3c(c2)oc2c4ccc(-c5ccc(N(c6ccccc6)c6ccccc6-c6ccccc6)cc5)cc4c4ccccc4c32)cc1.c1ccc(-c2ccccc2N(c2ccccc2)c2ccc(-c3ccc4c(c3)c3ccccc3c3c5ccc(N(c6ccccc6)c6ccc7ccccc7c6)cc5oc43)cc2)cc1. The maximum atomic E-state index is 6.99. The summed E-state index contributed by atoms with van der Waals surface area (Å²) in [4.78, 5) is 9.35. The molecule has 2 aromatic heterocycles. The molecule has 0 fully saturated rings. The molecule has 0 N–H and O–H groups in total. The number of rotatable bonds is 17. The predicted octanol–water partition coefficient (Wildman–Crippen LogP) is 34.0. The number of para-hydroxylation sites is 6. The molecule has 0 aliphatic carbocycles. The molecule has 126 heavy (non-hydrogen) atoms. The quantitative estimate of drug-likeness (QED) is 0.0668. The van der Waals surface area contributed by atoms with Crippen LogP contribution in [0.5, 0.6) is 0 Å². The maximum absolute atomic E-state index is 6.99. The molecular formula is C119H86N4O2Si. The Kier molecular flexibility index (Phi) is 19.6. The lowest BCUT2D eigenvalue weighted by Crippen LogP contribution is -2.37. The summed E-state index contributed by atoms with van der Waals surface area (Å²) in [6.45, 7) is 7.18. The number of fused-ring (bicyclic) bond motifs is 17. The van der Waals surface area contributed by atoms with E-state index in [2.05, 4.69) is 506 Å². The van der Waals surface area contributed by atoms with Gasteiger partial charge in [0.15, 0.2) is 0 Å². The first-order valence-electron chi connectivity index (χ1n) is 43.3. The summed E-state index contributed by atoms with van der Waals surface area (Å²) in [5.74, 6) is 0. The second-order valence-electron chi connectivity index (χ2n) is 33.5. The lowest BCUT2D eigenvalue weighted by atomic mass is 9.94. The molecule has 0 amide bonds. The highest BCUT2D eigenvalue weighted by molar-refractivity contribution is 6.88. The van der Waals surface area contributed by atoms with Crippen LogP contribution >= 0.6 is 0 Å². The van der Waals surface area contributed by atoms with Crippen LogP contribution in [-0.4, -0.2) is 8.07 Å². The van der Waals surface area contributed by atoms with E-state index in [4.69, 9.17) is 8.83 Å². The fourth-order valence-corrected chi connectivity index (χ4v) is 19.8. The molecule has 21 aromatic carbocycles. The maximum Gasteiger partial charge on any atom is 0.143 e. The summed E-state index contributed by atoms with van der Waals surface area (Å²) in [6.07, 6.45) is 0. The van der Waals surface area contributed by atoms with Crippen molar-refractivity contribution in [3.05, 3.63) is 467 Å². The van der Waals surface area contributed by atoms with Crippen molar-refractivity contribution < 1.29 is 8.83 Å². The van der Waals surface area contributed by atoms with Crippen molar-refractivity contribution >= 4 is 179 Å². The van der Waals surface area contributed by atoms with Crippen LogP contribution in [0.3, 0.4) is 0 Å². The summed E-state index contributed by atoms with van der Waals surface area (Å²) >= 11 is 0. The Morgan fingerprint density at radius 1 is 0.183 bits per heavy atom. The lowest BCUT2D eigenvalue weighted by Gasteiger charge is -2.28. The molecule has 0 bridgehead atoms. The Morgan fingerprint density at radius 3 is 0.913 bits per heavy atom. The summed E-state index contributed by atoms with van der Waals surface area (Å²) in [5, 5.41) is 17.7. The van der Waals surface area contributed by atoms with E-state index in [1.165, 1.54) is 70.5 Å². The van der Waals surface area contributed by atoms with Crippen LogP contribution in [0, 0.1) is 0 Å². The van der Waals surface area contributed by atoms with Crippen molar-refractivity contribution in [3.8, 4) is 44.5 Å². The molecular weight excluding hydrogens is 1550 g/mol. The Morgan fingerprint density at radius 2 is 0.484 bits per heavy atom. The van der Waals surface area contributed by atoms with Crippen molar-refractivity contribution in [2.45, 2.75) is 19.6 Å². The number of hydrogen-bond acceptors (Lipinski definition) is 6. The predicted molar refractivity (Wildman–Crippen MR) is 538 cm³/mol. The van der Waals surface area contributed by atoms with Gasteiger partial charge in [-0.05, 0) is 234 Å². The molecule has 23 aromatic rings.